The van der Waals surface area contributed by atoms with Crippen molar-refractivity contribution in [3.8, 4) is 0 Å². The van der Waals surface area contributed by atoms with Gasteiger partial charge in [0.2, 0.25) is 5.91 Å². The van der Waals surface area contributed by atoms with E-state index in [0.29, 0.717) is 6.42 Å². The van der Waals surface area contributed by atoms with Crippen molar-refractivity contribution in [1.82, 2.24) is 0 Å². The van der Waals surface area contributed by atoms with Crippen molar-refractivity contribution in [2.24, 2.45) is 0 Å². The van der Waals surface area contributed by atoms with Crippen LogP contribution in [0.3, 0.4) is 0 Å². The normalized spacial score (nSPS) is 17.3. The lowest BCUT2D eigenvalue weighted by Crippen LogP contribution is -2.40. The summed E-state index contributed by atoms with van der Waals surface area (Å²) >= 11 is 0. The first-order chi connectivity index (χ1) is 9.22. The maximum atomic E-state index is 12.1. The van der Waals surface area contributed by atoms with Crippen LogP contribution in [-0.4, -0.2) is 11.9 Å². The Morgan fingerprint density at radius 2 is 1.84 bits per heavy atom. The van der Waals surface area contributed by atoms with Crippen molar-refractivity contribution in [2.75, 3.05) is 10.6 Å². The van der Waals surface area contributed by atoms with E-state index < -0.39 is 0 Å². The van der Waals surface area contributed by atoms with Crippen LogP contribution in [0.25, 0.3) is 0 Å². The van der Waals surface area contributed by atoms with E-state index in [1.54, 1.807) is 0 Å². The summed E-state index contributed by atoms with van der Waals surface area (Å²) in [7, 11) is 0. The summed E-state index contributed by atoms with van der Waals surface area (Å²) in [4.78, 5) is 12.1. The molecule has 0 aliphatic carbocycles. The van der Waals surface area contributed by atoms with Crippen molar-refractivity contribution < 1.29 is 4.79 Å². The molecule has 1 atom stereocenters. The topological polar surface area (TPSA) is 41.1 Å². The van der Waals surface area contributed by atoms with Gasteiger partial charge in [-0.1, -0.05) is 42.0 Å². The van der Waals surface area contributed by atoms with Crippen molar-refractivity contribution in [3.63, 3.8) is 0 Å². The maximum Gasteiger partial charge on any atom is 0.247 e. The second-order valence-corrected chi connectivity index (χ2v) is 4.92. The van der Waals surface area contributed by atoms with Crippen LogP contribution in [0, 0.1) is 6.92 Å². The number of benzene rings is 2. The molecule has 96 valence electrons. The molecule has 0 radical (unpaired) electrons. The zero-order valence-corrected chi connectivity index (χ0v) is 10.8. The Bertz CT molecular complexity index is 622. The summed E-state index contributed by atoms with van der Waals surface area (Å²) in [6, 6.07) is 15.8. The van der Waals surface area contributed by atoms with E-state index in [1.807, 2.05) is 30.3 Å². The van der Waals surface area contributed by atoms with Crippen LogP contribution in [0.4, 0.5) is 11.4 Å². The zero-order chi connectivity index (χ0) is 13.2. The minimum atomic E-state index is -0.211. The van der Waals surface area contributed by atoms with Gasteiger partial charge in [0.15, 0.2) is 0 Å². The SMILES string of the molecule is Cc1cccc(C[C@H]2Nc3ccccc3NC2=O)c1. The fraction of sp³-hybridized carbons (Fsp3) is 0.188. The highest BCUT2D eigenvalue weighted by Crippen LogP contribution is 2.26. The highest BCUT2D eigenvalue weighted by atomic mass is 16.2. The molecule has 2 N–H and O–H groups in total. The molecular weight excluding hydrogens is 236 g/mol. The zero-order valence-electron chi connectivity index (χ0n) is 10.8. The molecule has 0 aromatic heterocycles. The summed E-state index contributed by atoms with van der Waals surface area (Å²) in [5.41, 5.74) is 4.23. The third-order valence-corrected chi connectivity index (χ3v) is 3.35. The van der Waals surface area contributed by atoms with E-state index in [4.69, 9.17) is 0 Å². The summed E-state index contributed by atoms with van der Waals surface area (Å²) in [5.74, 6) is 0.0280. The molecule has 0 saturated carbocycles. The number of anilines is 2. The van der Waals surface area contributed by atoms with Crippen LogP contribution in [0.15, 0.2) is 48.5 Å². The number of rotatable bonds is 2. The van der Waals surface area contributed by atoms with Gasteiger partial charge in [-0.25, -0.2) is 0 Å². The number of hydrogen-bond donors (Lipinski definition) is 2. The number of hydrogen-bond acceptors (Lipinski definition) is 2. The summed E-state index contributed by atoms with van der Waals surface area (Å²) in [6.45, 7) is 2.06. The molecule has 2 aromatic rings. The number of amides is 1. The number of para-hydroxylation sites is 2. The number of carbonyl (C=O) groups excluding carboxylic acids is 1. The van der Waals surface area contributed by atoms with E-state index in [2.05, 4.69) is 35.8 Å². The highest BCUT2D eigenvalue weighted by Gasteiger charge is 2.24. The van der Waals surface area contributed by atoms with Gasteiger partial charge in [-0.05, 0) is 24.6 Å². The predicted molar refractivity (Wildman–Crippen MR) is 77.4 cm³/mol. The van der Waals surface area contributed by atoms with E-state index in [1.165, 1.54) is 11.1 Å². The Morgan fingerprint density at radius 1 is 1.05 bits per heavy atom. The minimum absolute atomic E-state index is 0.0280. The lowest BCUT2D eigenvalue weighted by atomic mass is 10.0. The molecule has 3 nitrogen and oxygen atoms in total. The van der Waals surface area contributed by atoms with Gasteiger partial charge in [-0.15, -0.1) is 0 Å². The number of nitrogens with one attached hydrogen (secondary N) is 2. The standard InChI is InChI=1S/C16H16N2O/c1-11-5-4-6-12(9-11)10-15-16(19)18-14-8-3-2-7-13(14)17-15/h2-9,15,17H,10H2,1H3,(H,18,19)/t15-/m1/s1. The fourth-order valence-corrected chi connectivity index (χ4v) is 2.41. The molecule has 0 bridgehead atoms. The molecule has 0 fully saturated rings. The van der Waals surface area contributed by atoms with Gasteiger partial charge in [0, 0.05) is 6.42 Å². The van der Waals surface area contributed by atoms with Gasteiger partial charge in [0.05, 0.1) is 11.4 Å². The number of carbonyl (C=O) groups is 1. The summed E-state index contributed by atoms with van der Waals surface area (Å²) in [6.07, 6.45) is 0.696. The Hall–Kier alpha value is -2.29. The average Bonchev–Trinajstić information content (AvgIpc) is 2.40. The molecule has 1 heterocycles. The first kappa shape index (κ1) is 11.8. The first-order valence-corrected chi connectivity index (χ1v) is 6.44. The Morgan fingerprint density at radius 3 is 2.63 bits per heavy atom. The van der Waals surface area contributed by atoms with Crippen LogP contribution in [0.5, 0.6) is 0 Å². The molecule has 0 saturated heterocycles. The van der Waals surface area contributed by atoms with Crippen LogP contribution in [0.1, 0.15) is 11.1 Å². The van der Waals surface area contributed by atoms with Crippen molar-refractivity contribution in [3.05, 3.63) is 59.7 Å². The first-order valence-electron chi connectivity index (χ1n) is 6.44. The second kappa shape index (κ2) is 4.76. The van der Waals surface area contributed by atoms with Crippen LogP contribution in [0.2, 0.25) is 0 Å². The van der Waals surface area contributed by atoms with Gasteiger partial charge in [0.25, 0.3) is 0 Å². The van der Waals surface area contributed by atoms with Crippen molar-refractivity contribution >= 4 is 17.3 Å². The summed E-state index contributed by atoms with van der Waals surface area (Å²) < 4.78 is 0. The molecule has 1 aliphatic rings. The number of fused-ring (bicyclic) bond motifs is 1. The van der Waals surface area contributed by atoms with E-state index >= 15 is 0 Å². The summed E-state index contributed by atoms with van der Waals surface area (Å²) in [5, 5.41) is 6.25. The predicted octanol–water partition coefficient (Wildman–Crippen LogP) is 2.97. The largest absolute Gasteiger partial charge is 0.372 e. The molecule has 3 heteroatoms. The second-order valence-electron chi connectivity index (χ2n) is 4.92. The lowest BCUT2D eigenvalue weighted by Gasteiger charge is -2.26. The quantitative estimate of drug-likeness (QED) is 0.862. The average molecular weight is 252 g/mol. The number of aryl methyl sites for hydroxylation is 1. The molecule has 1 amide bonds. The van der Waals surface area contributed by atoms with Crippen LogP contribution >= 0.6 is 0 Å². The molecule has 19 heavy (non-hydrogen) atoms. The van der Waals surface area contributed by atoms with E-state index in [9.17, 15) is 4.79 Å². The van der Waals surface area contributed by atoms with Crippen molar-refractivity contribution in [1.29, 1.82) is 0 Å². The van der Waals surface area contributed by atoms with E-state index in [-0.39, 0.29) is 11.9 Å². The Labute approximate surface area is 112 Å². The van der Waals surface area contributed by atoms with Crippen molar-refractivity contribution in [2.45, 2.75) is 19.4 Å². The van der Waals surface area contributed by atoms with Gasteiger partial charge in [-0.3, -0.25) is 4.79 Å². The third-order valence-electron chi connectivity index (χ3n) is 3.35. The lowest BCUT2D eigenvalue weighted by molar-refractivity contribution is -0.117. The minimum Gasteiger partial charge on any atom is -0.372 e. The van der Waals surface area contributed by atoms with Crippen LogP contribution < -0.4 is 10.6 Å². The molecular formula is C16H16N2O. The monoisotopic (exact) mass is 252 g/mol. The molecule has 0 unspecified atom stereocenters. The maximum absolute atomic E-state index is 12.1. The fourth-order valence-electron chi connectivity index (χ4n) is 2.41. The molecule has 1 aliphatic heterocycles. The third kappa shape index (κ3) is 2.45. The smallest absolute Gasteiger partial charge is 0.247 e. The molecule has 2 aromatic carbocycles. The highest BCUT2D eigenvalue weighted by molar-refractivity contribution is 6.03. The molecule has 0 spiro atoms. The van der Waals surface area contributed by atoms with Gasteiger partial charge >= 0.3 is 0 Å². The Kier molecular flexibility index (Phi) is 2.95. The van der Waals surface area contributed by atoms with Gasteiger partial charge in [0.1, 0.15) is 6.04 Å². The van der Waals surface area contributed by atoms with Crippen LogP contribution in [-0.2, 0) is 11.2 Å². The van der Waals surface area contributed by atoms with Gasteiger partial charge in [-0.2, -0.15) is 0 Å². The van der Waals surface area contributed by atoms with Gasteiger partial charge < -0.3 is 10.6 Å². The molecule has 3 rings (SSSR count). The van der Waals surface area contributed by atoms with E-state index in [0.717, 1.165) is 11.4 Å². The Balaban J connectivity index is 1.81.